The molecule has 0 radical (unpaired) electrons. The quantitative estimate of drug-likeness (QED) is 0.333. The number of sulfonamides is 1. The van der Waals surface area contributed by atoms with Crippen molar-refractivity contribution >= 4 is 21.7 Å². The molecule has 0 aliphatic heterocycles. The van der Waals surface area contributed by atoms with Crippen molar-refractivity contribution in [2.24, 2.45) is 5.14 Å². The van der Waals surface area contributed by atoms with E-state index >= 15 is 0 Å². The van der Waals surface area contributed by atoms with Crippen LogP contribution < -0.4 is 5.14 Å². The summed E-state index contributed by atoms with van der Waals surface area (Å²) in [4.78, 5) is 21.1. The van der Waals surface area contributed by atoms with Crippen LogP contribution in [0.4, 0.5) is 5.69 Å². The number of nitrogens with two attached hydrogens (primary N) is 1. The molecule has 0 atom stereocenters. The number of methoxy groups -OCH3 is 1. The van der Waals surface area contributed by atoms with Crippen LogP contribution in [0.25, 0.3) is 0 Å². The maximum Gasteiger partial charge on any atom is 0.338 e. The number of hydrogen-bond donors (Lipinski definition) is 1. The first-order valence-electron chi connectivity index (χ1n) is 5.74. The minimum Gasteiger partial charge on any atom is -0.462 e. The summed E-state index contributed by atoms with van der Waals surface area (Å²) in [6, 6.07) is 2.63. The standard InChI is InChI=1S/C11H14N2O7S/c1-19-3-2-4-20-11(14)8-5-9(13(15)16)7-10(6-8)21(12,17)18/h5-7H,2-4H2,1H3,(H2,12,17,18). The Labute approximate surface area is 120 Å². The van der Waals surface area contributed by atoms with Gasteiger partial charge in [-0.2, -0.15) is 0 Å². The monoisotopic (exact) mass is 318 g/mol. The molecule has 9 nitrogen and oxygen atoms in total. The third kappa shape index (κ3) is 5.10. The van der Waals surface area contributed by atoms with E-state index in [-0.39, 0.29) is 12.2 Å². The van der Waals surface area contributed by atoms with Crippen molar-refractivity contribution in [3.8, 4) is 0 Å². The average molecular weight is 318 g/mol. The highest BCUT2D eigenvalue weighted by atomic mass is 32.2. The molecule has 10 heteroatoms. The number of hydrogen-bond acceptors (Lipinski definition) is 7. The second-order valence-electron chi connectivity index (χ2n) is 4.00. The Morgan fingerprint density at radius 2 is 2.00 bits per heavy atom. The molecule has 0 aliphatic carbocycles. The molecule has 2 N–H and O–H groups in total. The number of primary sulfonamides is 1. The van der Waals surface area contributed by atoms with E-state index < -0.39 is 31.5 Å². The molecular weight excluding hydrogens is 304 g/mol. The van der Waals surface area contributed by atoms with Crippen LogP contribution in [0.2, 0.25) is 0 Å². The molecule has 116 valence electrons. The Bertz CT molecular complexity index is 642. The molecule has 0 amide bonds. The second-order valence-corrected chi connectivity index (χ2v) is 5.56. The van der Waals surface area contributed by atoms with Crippen molar-refractivity contribution in [3.63, 3.8) is 0 Å². The van der Waals surface area contributed by atoms with Crippen LogP contribution in [0.3, 0.4) is 0 Å². The van der Waals surface area contributed by atoms with Gasteiger partial charge in [-0.05, 0) is 6.07 Å². The molecular formula is C11H14N2O7S. The van der Waals surface area contributed by atoms with E-state index in [1.54, 1.807) is 0 Å². The van der Waals surface area contributed by atoms with E-state index in [0.29, 0.717) is 13.0 Å². The van der Waals surface area contributed by atoms with E-state index in [4.69, 9.17) is 14.6 Å². The summed E-state index contributed by atoms with van der Waals surface area (Å²) in [5.41, 5.74) is -0.823. The Kier molecular flexibility index (Phi) is 5.76. The zero-order valence-corrected chi connectivity index (χ0v) is 12.0. The number of nitrogens with zero attached hydrogens (tertiary/aromatic N) is 1. The Morgan fingerprint density at radius 3 is 2.52 bits per heavy atom. The number of carbonyl (C=O) groups excluding carboxylic acids is 1. The lowest BCUT2D eigenvalue weighted by Gasteiger charge is -2.06. The number of carbonyl (C=O) groups is 1. The fraction of sp³-hybridized carbons (Fsp3) is 0.364. The van der Waals surface area contributed by atoms with Gasteiger partial charge in [0.2, 0.25) is 10.0 Å². The van der Waals surface area contributed by atoms with Crippen LogP contribution in [-0.2, 0) is 19.5 Å². The smallest absolute Gasteiger partial charge is 0.338 e. The predicted octanol–water partition coefficient (Wildman–Crippen LogP) is 0.436. The fourth-order valence-corrected chi connectivity index (χ4v) is 2.00. The summed E-state index contributed by atoms with van der Waals surface area (Å²) in [5, 5.41) is 15.7. The largest absolute Gasteiger partial charge is 0.462 e. The molecule has 0 fully saturated rings. The van der Waals surface area contributed by atoms with Crippen molar-refractivity contribution in [3.05, 3.63) is 33.9 Å². The number of rotatable bonds is 7. The van der Waals surface area contributed by atoms with Gasteiger partial charge >= 0.3 is 5.97 Å². The molecule has 0 bridgehead atoms. The third-order valence-corrected chi connectivity index (χ3v) is 3.29. The van der Waals surface area contributed by atoms with Gasteiger partial charge in [0.1, 0.15) is 0 Å². The SMILES string of the molecule is COCCCOC(=O)c1cc([N+](=O)[O-])cc(S(N)(=O)=O)c1. The zero-order chi connectivity index (χ0) is 16.0. The third-order valence-electron chi connectivity index (χ3n) is 2.39. The van der Waals surface area contributed by atoms with Gasteiger partial charge in [-0.3, -0.25) is 10.1 Å². The van der Waals surface area contributed by atoms with Crippen LogP contribution in [0.5, 0.6) is 0 Å². The molecule has 1 aromatic carbocycles. The number of esters is 1. The van der Waals surface area contributed by atoms with Crippen molar-refractivity contribution in [2.45, 2.75) is 11.3 Å². The molecule has 0 aliphatic rings. The number of nitro benzene ring substituents is 1. The molecule has 0 aromatic heterocycles. The van der Waals surface area contributed by atoms with Gasteiger partial charge in [0.05, 0.1) is 22.0 Å². The lowest BCUT2D eigenvalue weighted by atomic mass is 10.2. The van der Waals surface area contributed by atoms with Gasteiger partial charge in [-0.1, -0.05) is 0 Å². The Morgan fingerprint density at radius 1 is 1.33 bits per heavy atom. The van der Waals surface area contributed by atoms with Crippen molar-refractivity contribution in [1.29, 1.82) is 0 Å². The zero-order valence-electron chi connectivity index (χ0n) is 11.1. The lowest BCUT2D eigenvalue weighted by molar-refractivity contribution is -0.385. The number of benzene rings is 1. The average Bonchev–Trinajstić information content (AvgIpc) is 2.41. The molecule has 0 unspecified atom stereocenters. The normalized spacial score (nSPS) is 11.1. The molecule has 0 heterocycles. The van der Waals surface area contributed by atoms with Gasteiger partial charge in [0.25, 0.3) is 5.69 Å². The number of ether oxygens (including phenoxy) is 2. The first-order valence-corrected chi connectivity index (χ1v) is 7.28. The van der Waals surface area contributed by atoms with Crippen LogP contribution in [0.1, 0.15) is 16.8 Å². The van der Waals surface area contributed by atoms with Crippen LogP contribution >= 0.6 is 0 Å². The van der Waals surface area contributed by atoms with Gasteiger partial charge in [0.15, 0.2) is 0 Å². The highest BCUT2D eigenvalue weighted by Crippen LogP contribution is 2.20. The summed E-state index contributed by atoms with van der Waals surface area (Å²) in [6.45, 7) is 0.421. The summed E-state index contributed by atoms with van der Waals surface area (Å²) in [7, 11) is -2.69. The second kappa shape index (κ2) is 7.11. The maximum atomic E-state index is 11.7. The van der Waals surface area contributed by atoms with E-state index in [2.05, 4.69) is 0 Å². The first-order chi connectivity index (χ1) is 9.75. The summed E-state index contributed by atoms with van der Waals surface area (Å²) in [5.74, 6) is -0.875. The highest BCUT2D eigenvalue weighted by Gasteiger charge is 2.20. The molecule has 21 heavy (non-hydrogen) atoms. The Hall–Kier alpha value is -2.04. The fourth-order valence-electron chi connectivity index (χ4n) is 1.42. The van der Waals surface area contributed by atoms with Crippen molar-refractivity contribution in [2.75, 3.05) is 20.3 Å². The minimum atomic E-state index is -4.18. The first kappa shape index (κ1) is 17.0. The van der Waals surface area contributed by atoms with E-state index in [1.165, 1.54) is 7.11 Å². The van der Waals surface area contributed by atoms with Crippen LogP contribution in [-0.4, -0.2) is 39.6 Å². The Balaban J connectivity index is 3.03. The van der Waals surface area contributed by atoms with Gasteiger partial charge in [0, 0.05) is 32.3 Å². The van der Waals surface area contributed by atoms with Gasteiger partial charge < -0.3 is 9.47 Å². The van der Waals surface area contributed by atoms with Crippen molar-refractivity contribution < 1.29 is 27.6 Å². The van der Waals surface area contributed by atoms with Gasteiger partial charge in [-0.15, -0.1) is 0 Å². The maximum absolute atomic E-state index is 11.7. The van der Waals surface area contributed by atoms with Crippen molar-refractivity contribution in [1.82, 2.24) is 0 Å². The molecule has 0 saturated heterocycles. The topological polar surface area (TPSA) is 139 Å². The van der Waals surface area contributed by atoms with E-state index in [0.717, 1.165) is 18.2 Å². The van der Waals surface area contributed by atoms with E-state index in [1.807, 2.05) is 0 Å². The van der Waals surface area contributed by atoms with Gasteiger partial charge in [-0.25, -0.2) is 18.4 Å². The lowest BCUT2D eigenvalue weighted by Crippen LogP contribution is -2.15. The van der Waals surface area contributed by atoms with Crippen LogP contribution in [0.15, 0.2) is 23.1 Å². The number of nitro groups is 1. The van der Waals surface area contributed by atoms with E-state index in [9.17, 15) is 23.3 Å². The number of non-ortho nitro benzene ring substituents is 1. The molecule has 1 rings (SSSR count). The summed E-state index contributed by atoms with van der Waals surface area (Å²) in [6.07, 6.45) is 0.444. The summed E-state index contributed by atoms with van der Waals surface area (Å²) >= 11 is 0. The minimum absolute atomic E-state index is 0.0417. The predicted molar refractivity (Wildman–Crippen MR) is 71.2 cm³/mol. The summed E-state index contributed by atoms with van der Waals surface area (Å²) < 4.78 is 32.2. The molecule has 1 aromatic rings. The molecule has 0 spiro atoms. The molecule has 0 saturated carbocycles. The highest BCUT2D eigenvalue weighted by molar-refractivity contribution is 7.89. The van der Waals surface area contributed by atoms with Crippen LogP contribution in [0, 0.1) is 10.1 Å².